The van der Waals surface area contributed by atoms with Gasteiger partial charge in [0.25, 0.3) is 0 Å². The summed E-state index contributed by atoms with van der Waals surface area (Å²) in [5.41, 5.74) is 4.13. The van der Waals surface area contributed by atoms with E-state index in [1.807, 2.05) is 44.2 Å². The van der Waals surface area contributed by atoms with E-state index in [2.05, 4.69) is 36.5 Å². The van der Waals surface area contributed by atoms with Crippen LogP contribution in [-0.4, -0.2) is 50.4 Å². The van der Waals surface area contributed by atoms with Gasteiger partial charge in [-0.2, -0.15) is 5.10 Å². The Labute approximate surface area is 186 Å². The van der Waals surface area contributed by atoms with E-state index in [-0.39, 0.29) is 12.2 Å². The van der Waals surface area contributed by atoms with Crippen LogP contribution in [-0.2, 0) is 0 Å². The number of hydrogen-bond acceptors (Lipinski definition) is 7. The van der Waals surface area contributed by atoms with Crippen molar-refractivity contribution in [1.29, 1.82) is 0 Å². The highest BCUT2D eigenvalue weighted by molar-refractivity contribution is 5.94. The number of ether oxygens (including phenoxy) is 2. The van der Waals surface area contributed by atoms with E-state index in [1.165, 1.54) is 0 Å². The Morgan fingerprint density at radius 1 is 1.03 bits per heavy atom. The molecule has 1 atom stereocenters. The highest BCUT2D eigenvalue weighted by atomic mass is 16.5. The molecule has 1 aromatic carbocycles. The van der Waals surface area contributed by atoms with Crippen molar-refractivity contribution >= 4 is 10.9 Å². The maximum absolute atomic E-state index is 6.05. The molecule has 1 aliphatic heterocycles. The molecule has 0 radical (unpaired) electrons. The number of aromatic amines is 1. The lowest BCUT2D eigenvalue weighted by atomic mass is 10.1. The van der Waals surface area contributed by atoms with Gasteiger partial charge in [-0.15, -0.1) is 0 Å². The highest BCUT2D eigenvalue weighted by Gasteiger charge is 2.17. The number of fused-ring (bicyclic) bond motifs is 1. The fourth-order valence-electron chi connectivity index (χ4n) is 3.86. The van der Waals surface area contributed by atoms with Gasteiger partial charge in [0.2, 0.25) is 11.8 Å². The van der Waals surface area contributed by atoms with E-state index in [0.717, 1.165) is 53.8 Å². The Kier molecular flexibility index (Phi) is 5.68. The molecule has 0 aliphatic carbocycles. The Bertz CT molecular complexity index is 1220. The summed E-state index contributed by atoms with van der Waals surface area (Å²) in [5, 5.41) is 11.9. The van der Waals surface area contributed by atoms with Crippen LogP contribution in [0, 0.1) is 0 Å². The summed E-state index contributed by atoms with van der Waals surface area (Å²) >= 11 is 0. The summed E-state index contributed by atoms with van der Waals surface area (Å²) in [6.45, 7) is 5.84. The average molecular weight is 431 g/mol. The second kappa shape index (κ2) is 8.92. The zero-order valence-corrected chi connectivity index (χ0v) is 18.2. The topological polar surface area (TPSA) is 97.8 Å². The maximum atomic E-state index is 6.05. The van der Waals surface area contributed by atoms with Gasteiger partial charge in [-0.25, -0.2) is 9.97 Å². The van der Waals surface area contributed by atoms with Gasteiger partial charge < -0.3 is 14.8 Å². The third kappa shape index (κ3) is 4.40. The fraction of sp³-hybridized carbons (Fsp3) is 0.333. The second-order valence-corrected chi connectivity index (χ2v) is 8.19. The molecule has 0 amide bonds. The summed E-state index contributed by atoms with van der Waals surface area (Å²) in [6.07, 6.45) is 5.66. The number of rotatable bonds is 6. The van der Waals surface area contributed by atoms with Gasteiger partial charge >= 0.3 is 0 Å². The molecule has 8 heteroatoms. The van der Waals surface area contributed by atoms with E-state index >= 15 is 0 Å². The van der Waals surface area contributed by atoms with Crippen molar-refractivity contribution in [2.45, 2.75) is 38.9 Å². The number of aromatic nitrogens is 5. The minimum absolute atomic E-state index is 0.0677. The number of piperidine rings is 1. The third-order valence-corrected chi connectivity index (χ3v) is 5.33. The zero-order valence-electron chi connectivity index (χ0n) is 18.2. The van der Waals surface area contributed by atoms with E-state index in [9.17, 15) is 0 Å². The predicted octanol–water partition coefficient (Wildman–Crippen LogP) is 4.00. The van der Waals surface area contributed by atoms with Crippen LogP contribution in [0.25, 0.3) is 33.5 Å². The zero-order chi connectivity index (χ0) is 21.9. The molecule has 3 aromatic heterocycles. The average Bonchev–Trinajstić information content (AvgIpc) is 3.23. The Hall–Kier alpha value is -3.52. The first kappa shape index (κ1) is 20.4. The van der Waals surface area contributed by atoms with Crippen molar-refractivity contribution in [3.63, 3.8) is 0 Å². The van der Waals surface area contributed by atoms with E-state index in [0.29, 0.717) is 17.5 Å². The Morgan fingerprint density at radius 3 is 2.78 bits per heavy atom. The van der Waals surface area contributed by atoms with Gasteiger partial charge in [-0.05, 0) is 51.4 Å². The van der Waals surface area contributed by atoms with E-state index in [1.54, 1.807) is 12.4 Å². The summed E-state index contributed by atoms with van der Waals surface area (Å²) < 4.78 is 11.8. The fourth-order valence-corrected chi connectivity index (χ4v) is 3.86. The first-order valence-electron chi connectivity index (χ1n) is 11.0. The van der Waals surface area contributed by atoms with Crippen molar-refractivity contribution in [1.82, 2.24) is 30.5 Å². The van der Waals surface area contributed by atoms with E-state index in [4.69, 9.17) is 9.47 Å². The van der Waals surface area contributed by atoms with Crippen molar-refractivity contribution < 1.29 is 9.47 Å². The summed E-state index contributed by atoms with van der Waals surface area (Å²) in [4.78, 5) is 13.7. The van der Waals surface area contributed by atoms with Gasteiger partial charge in [-0.3, -0.25) is 10.1 Å². The van der Waals surface area contributed by atoms with Crippen molar-refractivity contribution in [2.75, 3.05) is 13.1 Å². The molecular weight excluding hydrogens is 404 g/mol. The van der Waals surface area contributed by atoms with Crippen molar-refractivity contribution in [2.24, 2.45) is 0 Å². The van der Waals surface area contributed by atoms with Crippen LogP contribution in [0.2, 0.25) is 0 Å². The maximum Gasteiger partial charge on any atom is 0.233 e. The molecule has 1 saturated heterocycles. The van der Waals surface area contributed by atoms with Gasteiger partial charge in [-0.1, -0.05) is 12.1 Å². The number of benzene rings is 1. The number of nitrogens with zero attached hydrogens (tertiary/aromatic N) is 4. The third-order valence-electron chi connectivity index (χ3n) is 5.33. The number of hydrogen-bond donors (Lipinski definition) is 2. The molecule has 32 heavy (non-hydrogen) atoms. The number of pyridine rings is 1. The standard InChI is InChI=1S/C24H26N6O2/c1-15(2)31-22-7-3-6-19(27-22)16-8-9-20-18(11-16)24(30-29-20)21-13-26-14-23(28-21)32-17-5-4-10-25-12-17/h3,6-9,11,13-15,17,25H,4-5,10,12H2,1-2H3,(H,29,30). The quantitative estimate of drug-likeness (QED) is 0.477. The number of H-pyrrole nitrogens is 1. The van der Waals surface area contributed by atoms with Crippen LogP contribution in [0.4, 0.5) is 0 Å². The van der Waals surface area contributed by atoms with Gasteiger partial charge in [0.05, 0.1) is 29.7 Å². The minimum Gasteiger partial charge on any atom is -0.475 e. The second-order valence-electron chi connectivity index (χ2n) is 8.19. The molecule has 0 saturated carbocycles. The lowest BCUT2D eigenvalue weighted by Crippen LogP contribution is -2.37. The van der Waals surface area contributed by atoms with Crippen LogP contribution >= 0.6 is 0 Å². The molecule has 1 aliphatic rings. The first-order valence-corrected chi connectivity index (χ1v) is 11.0. The normalized spacial score (nSPS) is 16.4. The summed E-state index contributed by atoms with van der Waals surface area (Å²) in [5.74, 6) is 1.13. The smallest absolute Gasteiger partial charge is 0.233 e. The van der Waals surface area contributed by atoms with Crippen LogP contribution in [0.15, 0.2) is 48.8 Å². The van der Waals surface area contributed by atoms with Gasteiger partial charge in [0, 0.05) is 23.6 Å². The molecule has 2 N–H and O–H groups in total. The first-order chi connectivity index (χ1) is 15.7. The van der Waals surface area contributed by atoms with Crippen LogP contribution in [0.3, 0.4) is 0 Å². The lowest BCUT2D eigenvalue weighted by molar-refractivity contribution is 0.160. The minimum atomic E-state index is 0.0677. The number of nitrogens with one attached hydrogen (secondary N) is 2. The molecule has 4 heterocycles. The largest absolute Gasteiger partial charge is 0.475 e. The lowest BCUT2D eigenvalue weighted by Gasteiger charge is -2.23. The highest BCUT2D eigenvalue weighted by Crippen LogP contribution is 2.30. The van der Waals surface area contributed by atoms with E-state index < -0.39 is 0 Å². The molecule has 0 bridgehead atoms. The SMILES string of the molecule is CC(C)Oc1cccc(-c2ccc3[nH]nc(-c4cncc(OC5CCCNC5)n4)c3c2)n1. The van der Waals surface area contributed by atoms with Gasteiger partial charge in [0.15, 0.2) is 0 Å². The molecule has 1 unspecified atom stereocenters. The van der Waals surface area contributed by atoms with Crippen molar-refractivity contribution in [3.8, 4) is 34.4 Å². The van der Waals surface area contributed by atoms with Crippen molar-refractivity contribution in [3.05, 3.63) is 48.8 Å². The molecule has 1 fully saturated rings. The Morgan fingerprint density at radius 2 is 1.94 bits per heavy atom. The summed E-state index contributed by atoms with van der Waals surface area (Å²) in [7, 11) is 0. The monoisotopic (exact) mass is 430 g/mol. The molecule has 5 rings (SSSR count). The molecular formula is C24H26N6O2. The molecule has 0 spiro atoms. The molecule has 4 aromatic rings. The molecule has 164 valence electrons. The van der Waals surface area contributed by atoms with Gasteiger partial charge in [0.1, 0.15) is 17.5 Å². The molecule has 8 nitrogen and oxygen atoms in total. The summed E-state index contributed by atoms with van der Waals surface area (Å²) in [6, 6.07) is 11.9. The predicted molar refractivity (Wildman–Crippen MR) is 123 cm³/mol. The van der Waals surface area contributed by atoms with Crippen LogP contribution < -0.4 is 14.8 Å². The van der Waals surface area contributed by atoms with Crippen LogP contribution in [0.5, 0.6) is 11.8 Å². The Balaban J connectivity index is 1.46. The van der Waals surface area contributed by atoms with Crippen LogP contribution in [0.1, 0.15) is 26.7 Å².